The zero-order valence-corrected chi connectivity index (χ0v) is 13.2. The number of halogens is 2. The Bertz CT molecular complexity index is 558. The number of aromatic nitrogens is 3. The summed E-state index contributed by atoms with van der Waals surface area (Å²) in [5.41, 5.74) is 0.763. The summed E-state index contributed by atoms with van der Waals surface area (Å²) in [6.07, 6.45) is 2.93. The Morgan fingerprint density at radius 3 is 2.94 bits per heavy atom. The van der Waals surface area contributed by atoms with Gasteiger partial charge >= 0.3 is 0 Å². The van der Waals surface area contributed by atoms with Gasteiger partial charge in [-0.25, -0.2) is 9.67 Å². The van der Waals surface area contributed by atoms with Crippen LogP contribution in [0, 0.1) is 3.57 Å². The predicted octanol–water partition coefficient (Wildman–Crippen LogP) is 2.84. The Balaban J connectivity index is 2.09. The van der Waals surface area contributed by atoms with Crippen LogP contribution in [0.2, 0.25) is 0 Å². The molecule has 1 N–H and O–H groups in total. The molecule has 2 rings (SSSR count). The number of benzene rings is 1. The third-order valence-corrected chi connectivity index (χ3v) is 4.73. The van der Waals surface area contributed by atoms with Gasteiger partial charge in [0.15, 0.2) is 0 Å². The molecule has 1 aromatic heterocycles. The lowest BCUT2D eigenvalue weighted by molar-refractivity contribution is -0.119. The second-order valence-corrected chi connectivity index (χ2v) is 5.69. The highest BCUT2D eigenvalue weighted by Crippen LogP contribution is 2.23. The third-order valence-electron chi connectivity index (χ3n) is 2.40. The van der Waals surface area contributed by atoms with Crippen molar-refractivity contribution < 1.29 is 4.79 Å². The van der Waals surface area contributed by atoms with Crippen molar-refractivity contribution in [3.8, 4) is 0 Å². The summed E-state index contributed by atoms with van der Waals surface area (Å²) in [5.74, 6) is -0.126. The maximum Gasteiger partial charge on any atom is 0.249 e. The second kappa shape index (κ2) is 5.79. The highest BCUT2D eigenvalue weighted by molar-refractivity contribution is 14.1. The standard InChI is InChI=1S/C11H10BrIN4O/c1-7(17-6-14-5-15-17)11(18)16-8-2-3-9(12)10(13)4-8/h2-7H,1H3,(H,16,18). The molecule has 0 fully saturated rings. The minimum absolute atomic E-state index is 0.126. The molecule has 94 valence electrons. The van der Waals surface area contributed by atoms with E-state index in [0.29, 0.717) is 0 Å². The maximum absolute atomic E-state index is 12.0. The molecule has 0 aliphatic carbocycles. The van der Waals surface area contributed by atoms with Gasteiger partial charge in [0.25, 0.3) is 0 Å². The molecule has 1 amide bonds. The Labute approximate surface area is 126 Å². The zero-order valence-electron chi connectivity index (χ0n) is 9.47. The molecule has 1 atom stereocenters. The van der Waals surface area contributed by atoms with Crippen LogP contribution in [-0.4, -0.2) is 20.7 Å². The van der Waals surface area contributed by atoms with Crippen molar-refractivity contribution in [1.82, 2.24) is 14.8 Å². The molecular weight excluding hydrogens is 411 g/mol. The van der Waals surface area contributed by atoms with E-state index in [0.717, 1.165) is 13.7 Å². The van der Waals surface area contributed by atoms with E-state index in [-0.39, 0.29) is 5.91 Å². The van der Waals surface area contributed by atoms with Gasteiger partial charge in [-0.15, -0.1) is 0 Å². The molecule has 0 aliphatic rings. The Kier molecular flexibility index (Phi) is 4.33. The lowest BCUT2D eigenvalue weighted by Gasteiger charge is -2.12. The highest BCUT2D eigenvalue weighted by Gasteiger charge is 2.15. The molecule has 0 saturated heterocycles. The van der Waals surface area contributed by atoms with Crippen LogP contribution < -0.4 is 5.32 Å². The molecule has 0 saturated carbocycles. The van der Waals surface area contributed by atoms with Crippen molar-refractivity contribution in [2.75, 3.05) is 5.32 Å². The number of nitrogens with one attached hydrogen (secondary N) is 1. The molecular formula is C11H10BrIN4O. The minimum Gasteiger partial charge on any atom is -0.324 e. The van der Waals surface area contributed by atoms with Crippen molar-refractivity contribution in [1.29, 1.82) is 0 Å². The Morgan fingerprint density at radius 2 is 2.33 bits per heavy atom. The SMILES string of the molecule is CC(C(=O)Nc1ccc(Br)c(I)c1)n1cncn1. The highest BCUT2D eigenvalue weighted by atomic mass is 127. The maximum atomic E-state index is 12.0. The summed E-state index contributed by atoms with van der Waals surface area (Å²) >= 11 is 5.61. The lowest BCUT2D eigenvalue weighted by atomic mass is 10.3. The van der Waals surface area contributed by atoms with Gasteiger partial charge in [-0.1, -0.05) is 0 Å². The van der Waals surface area contributed by atoms with E-state index in [1.54, 1.807) is 6.92 Å². The Hall–Kier alpha value is -0.960. The first-order chi connectivity index (χ1) is 8.58. The molecule has 5 nitrogen and oxygen atoms in total. The number of carbonyl (C=O) groups excluding carboxylic acids is 1. The number of hydrogen-bond donors (Lipinski definition) is 1. The number of nitrogens with zero attached hydrogens (tertiary/aromatic N) is 3. The first-order valence-electron chi connectivity index (χ1n) is 5.18. The van der Waals surface area contributed by atoms with E-state index in [1.807, 2.05) is 18.2 Å². The van der Waals surface area contributed by atoms with E-state index in [9.17, 15) is 4.79 Å². The fourth-order valence-electron chi connectivity index (χ4n) is 1.36. The lowest BCUT2D eigenvalue weighted by Crippen LogP contribution is -2.24. The predicted molar refractivity (Wildman–Crippen MR) is 80.2 cm³/mol. The van der Waals surface area contributed by atoms with Gasteiger partial charge in [0.1, 0.15) is 18.7 Å². The number of rotatable bonds is 3. The number of anilines is 1. The smallest absolute Gasteiger partial charge is 0.249 e. The molecule has 1 aromatic carbocycles. The van der Waals surface area contributed by atoms with Gasteiger partial charge in [-0.2, -0.15) is 5.10 Å². The van der Waals surface area contributed by atoms with E-state index in [4.69, 9.17) is 0 Å². The number of amides is 1. The van der Waals surface area contributed by atoms with Crippen LogP contribution in [0.5, 0.6) is 0 Å². The normalized spacial score (nSPS) is 12.2. The van der Waals surface area contributed by atoms with Crippen molar-refractivity contribution in [3.05, 3.63) is 38.9 Å². The van der Waals surface area contributed by atoms with Crippen LogP contribution in [0.4, 0.5) is 5.69 Å². The second-order valence-electron chi connectivity index (χ2n) is 3.67. The summed E-state index contributed by atoms with van der Waals surface area (Å²) in [6.45, 7) is 1.77. The largest absolute Gasteiger partial charge is 0.324 e. The van der Waals surface area contributed by atoms with Crippen LogP contribution in [0.1, 0.15) is 13.0 Å². The van der Waals surface area contributed by atoms with Gasteiger partial charge in [-0.05, 0) is 63.6 Å². The van der Waals surface area contributed by atoms with Crippen molar-refractivity contribution in [2.45, 2.75) is 13.0 Å². The molecule has 0 radical (unpaired) electrons. The van der Waals surface area contributed by atoms with Crippen molar-refractivity contribution in [2.24, 2.45) is 0 Å². The molecule has 1 unspecified atom stereocenters. The van der Waals surface area contributed by atoms with Crippen LogP contribution in [0.25, 0.3) is 0 Å². The number of carbonyl (C=O) groups is 1. The fourth-order valence-corrected chi connectivity index (χ4v) is 2.12. The van der Waals surface area contributed by atoms with E-state index in [1.165, 1.54) is 17.3 Å². The van der Waals surface area contributed by atoms with Crippen LogP contribution in [-0.2, 0) is 4.79 Å². The summed E-state index contributed by atoms with van der Waals surface area (Å²) in [4.78, 5) is 15.8. The molecule has 7 heteroatoms. The molecule has 2 aromatic rings. The third kappa shape index (κ3) is 3.08. The van der Waals surface area contributed by atoms with E-state index < -0.39 is 6.04 Å². The molecule has 0 bridgehead atoms. The first kappa shape index (κ1) is 13.5. The van der Waals surface area contributed by atoms with Crippen molar-refractivity contribution in [3.63, 3.8) is 0 Å². The average Bonchev–Trinajstić information content (AvgIpc) is 2.86. The first-order valence-corrected chi connectivity index (χ1v) is 7.05. The summed E-state index contributed by atoms with van der Waals surface area (Å²) < 4.78 is 3.56. The topological polar surface area (TPSA) is 59.8 Å². The van der Waals surface area contributed by atoms with Gasteiger partial charge in [0.05, 0.1) is 0 Å². The monoisotopic (exact) mass is 420 g/mol. The van der Waals surface area contributed by atoms with Gasteiger partial charge < -0.3 is 5.32 Å². The zero-order chi connectivity index (χ0) is 13.1. The van der Waals surface area contributed by atoms with E-state index in [2.05, 4.69) is 53.9 Å². The Morgan fingerprint density at radius 1 is 1.56 bits per heavy atom. The average molecular weight is 421 g/mol. The molecule has 1 heterocycles. The fraction of sp³-hybridized carbons (Fsp3) is 0.182. The number of hydrogen-bond acceptors (Lipinski definition) is 3. The molecule has 0 spiro atoms. The summed E-state index contributed by atoms with van der Waals surface area (Å²) in [6, 6.07) is 5.25. The van der Waals surface area contributed by atoms with Gasteiger partial charge in [0, 0.05) is 13.7 Å². The minimum atomic E-state index is -0.395. The summed E-state index contributed by atoms with van der Waals surface area (Å²) in [7, 11) is 0. The summed E-state index contributed by atoms with van der Waals surface area (Å²) in [5, 5.41) is 6.79. The quantitative estimate of drug-likeness (QED) is 0.776. The van der Waals surface area contributed by atoms with Gasteiger partial charge in [-0.3, -0.25) is 4.79 Å². The van der Waals surface area contributed by atoms with Crippen molar-refractivity contribution >= 4 is 50.1 Å². The van der Waals surface area contributed by atoms with Crippen LogP contribution in [0.3, 0.4) is 0 Å². The van der Waals surface area contributed by atoms with Crippen LogP contribution in [0.15, 0.2) is 35.3 Å². The van der Waals surface area contributed by atoms with Crippen LogP contribution >= 0.6 is 38.5 Å². The molecule has 0 aliphatic heterocycles. The van der Waals surface area contributed by atoms with E-state index >= 15 is 0 Å². The molecule has 18 heavy (non-hydrogen) atoms. The van der Waals surface area contributed by atoms with Gasteiger partial charge in [0.2, 0.25) is 5.91 Å².